The van der Waals surface area contributed by atoms with E-state index in [4.69, 9.17) is 4.74 Å². The molecule has 1 aromatic carbocycles. The summed E-state index contributed by atoms with van der Waals surface area (Å²) in [7, 11) is 1.65. The summed E-state index contributed by atoms with van der Waals surface area (Å²) in [4.78, 5) is 24.1. The number of rotatable bonds is 5. The molecular weight excluding hydrogens is 352 g/mol. The molecule has 1 aromatic heterocycles. The average Bonchev–Trinajstić information content (AvgIpc) is 2.77. The Balaban J connectivity index is 1.35. The third kappa shape index (κ3) is 4.01. The van der Waals surface area contributed by atoms with Crippen molar-refractivity contribution in [3.05, 3.63) is 52.8 Å². The molecule has 2 aliphatic rings. The van der Waals surface area contributed by atoms with Crippen LogP contribution in [-0.2, 0) is 11.3 Å². The van der Waals surface area contributed by atoms with Gasteiger partial charge >= 0.3 is 0 Å². The predicted octanol–water partition coefficient (Wildman–Crippen LogP) is 1.43. The quantitative estimate of drug-likeness (QED) is 0.855. The maximum absolute atomic E-state index is 12.6. The molecule has 146 valence electrons. The van der Waals surface area contributed by atoms with Gasteiger partial charge in [-0.25, -0.2) is 0 Å². The Morgan fingerprint density at radius 1 is 1.29 bits per heavy atom. The minimum Gasteiger partial charge on any atom is -0.497 e. The monoisotopic (exact) mass is 378 g/mol. The van der Waals surface area contributed by atoms with Crippen molar-refractivity contribution in [1.29, 1.82) is 0 Å². The molecule has 1 amide bonds. The third-order valence-corrected chi connectivity index (χ3v) is 5.48. The van der Waals surface area contributed by atoms with E-state index in [1.165, 1.54) is 0 Å². The lowest BCUT2D eigenvalue weighted by atomic mass is 9.95. The van der Waals surface area contributed by atoms with Crippen molar-refractivity contribution >= 4 is 17.7 Å². The highest BCUT2D eigenvalue weighted by Crippen LogP contribution is 2.21. The summed E-state index contributed by atoms with van der Waals surface area (Å²) in [6.07, 6.45) is 6.68. The van der Waals surface area contributed by atoms with Gasteiger partial charge in [0, 0.05) is 38.3 Å². The maximum atomic E-state index is 12.6. The summed E-state index contributed by atoms with van der Waals surface area (Å²) in [5, 5.41) is 5.07. The lowest BCUT2D eigenvalue weighted by Crippen LogP contribution is -2.44. The number of hydrogen-bond donors (Lipinski definition) is 1. The van der Waals surface area contributed by atoms with E-state index in [9.17, 15) is 4.79 Å². The highest BCUT2D eigenvalue weighted by molar-refractivity contribution is 5.79. The Hall–Kier alpha value is -2.89. The van der Waals surface area contributed by atoms with E-state index in [1.807, 2.05) is 36.5 Å². The van der Waals surface area contributed by atoms with E-state index in [2.05, 4.69) is 26.3 Å². The zero-order chi connectivity index (χ0) is 19.3. The fourth-order valence-electron chi connectivity index (χ4n) is 3.90. The van der Waals surface area contributed by atoms with Crippen LogP contribution in [0.1, 0.15) is 24.8 Å². The Morgan fingerprint density at radius 3 is 2.96 bits per heavy atom. The second kappa shape index (κ2) is 8.42. The number of fused-ring (bicyclic) bond motifs is 1. The van der Waals surface area contributed by atoms with Crippen LogP contribution in [-0.4, -0.2) is 37.6 Å². The number of ether oxygens (including phenoxy) is 1. The average molecular weight is 378 g/mol. The van der Waals surface area contributed by atoms with Crippen LogP contribution in [0.2, 0.25) is 0 Å². The number of methoxy groups -OCH3 is 1. The fourth-order valence-corrected chi connectivity index (χ4v) is 3.90. The molecule has 28 heavy (non-hydrogen) atoms. The van der Waals surface area contributed by atoms with Gasteiger partial charge in [-0.3, -0.25) is 14.8 Å². The fraction of sp³-hybridized carbons (Fsp3) is 0.409. The zero-order valence-corrected chi connectivity index (χ0v) is 16.2. The van der Waals surface area contributed by atoms with Crippen molar-refractivity contribution in [2.24, 2.45) is 10.9 Å². The Bertz CT molecular complexity index is 965. The van der Waals surface area contributed by atoms with Crippen molar-refractivity contribution < 1.29 is 9.53 Å². The zero-order valence-electron chi connectivity index (χ0n) is 16.2. The van der Waals surface area contributed by atoms with Gasteiger partial charge in [0.05, 0.1) is 18.1 Å². The van der Waals surface area contributed by atoms with Crippen LogP contribution in [0.25, 0.3) is 6.08 Å². The van der Waals surface area contributed by atoms with Crippen molar-refractivity contribution in [2.45, 2.75) is 25.8 Å². The first-order valence-electron chi connectivity index (χ1n) is 9.90. The number of aromatic nitrogens is 1. The number of carbonyl (C=O) groups is 1. The summed E-state index contributed by atoms with van der Waals surface area (Å²) >= 11 is 0. The van der Waals surface area contributed by atoms with Gasteiger partial charge in [0.25, 0.3) is 0 Å². The number of nitrogens with zero attached hydrogens (tertiary/aromatic N) is 3. The molecule has 0 bridgehead atoms. The molecule has 0 unspecified atom stereocenters. The number of anilines is 1. The Labute approximate surface area is 165 Å². The van der Waals surface area contributed by atoms with Gasteiger partial charge in [-0.1, -0.05) is 18.2 Å². The van der Waals surface area contributed by atoms with Crippen LogP contribution in [0.5, 0.6) is 5.75 Å². The van der Waals surface area contributed by atoms with E-state index in [0.29, 0.717) is 6.54 Å². The summed E-state index contributed by atoms with van der Waals surface area (Å²) in [6.45, 7) is 3.09. The molecule has 0 saturated carbocycles. The molecule has 0 radical (unpaired) electrons. The van der Waals surface area contributed by atoms with Crippen LogP contribution in [0, 0.1) is 5.92 Å². The van der Waals surface area contributed by atoms with Gasteiger partial charge in [-0.05, 0) is 43.0 Å². The predicted molar refractivity (Wildman–Crippen MR) is 109 cm³/mol. The number of amides is 1. The molecule has 0 atom stereocenters. The van der Waals surface area contributed by atoms with Gasteiger partial charge in [-0.2, -0.15) is 0 Å². The van der Waals surface area contributed by atoms with Gasteiger partial charge in [0.2, 0.25) is 5.91 Å². The van der Waals surface area contributed by atoms with E-state index in [1.54, 1.807) is 7.11 Å². The summed E-state index contributed by atoms with van der Waals surface area (Å²) in [6, 6.07) is 9.85. The molecule has 2 aliphatic heterocycles. The van der Waals surface area contributed by atoms with E-state index >= 15 is 0 Å². The molecule has 0 spiro atoms. The first-order valence-corrected chi connectivity index (χ1v) is 9.90. The third-order valence-electron chi connectivity index (χ3n) is 5.48. The number of benzene rings is 1. The molecule has 0 aliphatic carbocycles. The molecule has 2 aromatic rings. The molecule has 1 saturated heterocycles. The van der Waals surface area contributed by atoms with Gasteiger partial charge < -0.3 is 15.0 Å². The SMILES string of the molecule is COc1cccc(CNC(=O)C2CCN(c3ccnc4c3=NCCC=4)CC2)c1. The Kier molecular flexibility index (Phi) is 5.55. The van der Waals surface area contributed by atoms with Gasteiger partial charge in [0.1, 0.15) is 11.1 Å². The van der Waals surface area contributed by atoms with Gasteiger partial charge in [0.15, 0.2) is 0 Å². The summed E-state index contributed by atoms with van der Waals surface area (Å²) in [5.74, 6) is 1.00. The van der Waals surface area contributed by atoms with Gasteiger partial charge in [-0.15, -0.1) is 0 Å². The smallest absolute Gasteiger partial charge is 0.223 e. The highest BCUT2D eigenvalue weighted by Gasteiger charge is 2.25. The second-order valence-corrected chi connectivity index (χ2v) is 7.27. The number of pyridine rings is 1. The van der Waals surface area contributed by atoms with Crippen LogP contribution in [0.15, 0.2) is 41.5 Å². The van der Waals surface area contributed by atoms with Crippen molar-refractivity contribution in [3.8, 4) is 5.75 Å². The van der Waals surface area contributed by atoms with E-state index in [0.717, 1.165) is 66.6 Å². The van der Waals surface area contributed by atoms with Crippen LogP contribution in [0.4, 0.5) is 5.69 Å². The van der Waals surface area contributed by atoms with Crippen molar-refractivity contribution in [2.75, 3.05) is 31.6 Å². The van der Waals surface area contributed by atoms with Crippen molar-refractivity contribution in [1.82, 2.24) is 10.3 Å². The highest BCUT2D eigenvalue weighted by atomic mass is 16.5. The Morgan fingerprint density at radius 2 is 2.14 bits per heavy atom. The number of nitrogens with one attached hydrogen (secondary N) is 1. The molecule has 6 heteroatoms. The van der Waals surface area contributed by atoms with E-state index < -0.39 is 0 Å². The van der Waals surface area contributed by atoms with Crippen LogP contribution < -0.4 is 25.7 Å². The summed E-state index contributed by atoms with van der Waals surface area (Å²) in [5.41, 5.74) is 2.20. The lowest BCUT2D eigenvalue weighted by molar-refractivity contribution is -0.125. The lowest BCUT2D eigenvalue weighted by Gasteiger charge is -2.33. The number of carbonyl (C=O) groups excluding carboxylic acids is 1. The second-order valence-electron chi connectivity index (χ2n) is 7.27. The van der Waals surface area contributed by atoms with Crippen LogP contribution >= 0.6 is 0 Å². The topological polar surface area (TPSA) is 66.8 Å². The molecule has 6 nitrogen and oxygen atoms in total. The number of piperidine rings is 1. The first kappa shape index (κ1) is 18.5. The minimum atomic E-state index is 0.0584. The largest absolute Gasteiger partial charge is 0.497 e. The number of hydrogen-bond acceptors (Lipinski definition) is 5. The van der Waals surface area contributed by atoms with Crippen LogP contribution in [0.3, 0.4) is 0 Å². The molecule has 1 fully saturated rings. The molecule has 4 rings (SSSR count). The summed E-state index contributed by atoms with van der Waals surface area (Å²) < 4.78 is 5.24. The standard InChI is InChI=1S/C22H26N4O2/c1-28-18-5-2-4-16(14-18)15-25-22(27)17-8-12-26(13-9-17)20-7-11-23-19-6-3-10-24-21(19)20/h2,4-7,11,14,17H,3,8-10,12-13,15H2,1H3,(H,25,27). The normalized spacial score (nSPS) is 16.5. The minimum absolute atomic E-state index is 0.0584. The first-order chi connectivity index (χ1) is 13.7. The van der Waals surface area contributed by atoms with E-state index in [-0.39, 0.29) is 11.8 Å². The molecule has 1 N–H and O–H groups in total. The molecular formula is C22H26N4O2. The van der Waals surface area contributed by atoms with Crippen molar-refractivity contribution in [3.63, 3.8) is 0 Å². The molecule has 3 heterocycles. The maximum Gasteiger partial charge on any atom is 0.223 e.